The van der Waals surface area contributed by atoms with Gasteiger partial charge in [-0.25, -0.2) is 4.98 Å². The smallest absolute Gasteiger partial charge is 0.193 e. The number of aliphatic hydroxyl groups is 1. The third-order valence-corrected chi connectivity index (χ3v) is 5.99. The summed E-state index contributed by atoms with van der Waals surface area (Å²) in [5.74, 6) is 0. The lowest BCUT2D eigenvalue weighted by Gasteiger charge is -2.41. The van der Waals surface area contributed by atoms with Crippen molar-refractivity contribution in [2.75, 3.05) is 26.2 Å². The van der Waals surface area contributed by atoms with E-state index < -0.39 is 0 Å². The first-order chi connectivity index (χ1) is 13.3. The van der Waals surface area contributed by atoms with Crippen LogP contribution >= 0.6 is 11.3 Å². The Kier molecular flexibility index (Phi) is 5.99. The molecule has 0 radical (unpaired) electrons. The predicted octanol–water partition coefficient (Wildman–Crippen LogP) is 3.00. The third-order valence-electron chi connectivity index (χ3n) is 5.22. The van der Waals surface area contributed by atoms with Crippen LogP contribution in [0.15, 0.2) is 60.2 Å². The molecule has 2 aromatic heterocycles. The summed E-state index contributed by atoms with van der Waals surface area (Å²) in [4.78, 5) is 9.45. The summed E-state index contributed by atoms with van der Waals surface area (Å²) in [6, 6.07) is 15.3. The Morgan fingerprint density at radius 2 is 1.96 bits per heavy atom. The van der Waals surface area contributed by atoms with Crippen molar-refractivity contribution in [2.24, 2.45) is 0 Å². The van der Waals surface area contributed by atoms with E-state index in [9.17, 15) is 5.11 Å². The number of hydrogen-bond donors (Lipinski definition) is 1. The number of benzene rings is 1. The molecule has 1 fully saturated rings. The largest absolute Gasteiger partial charge is 0.396 e. The van der Waals surface area contributed by atoms with E-state index >= 15 is 0 Å². The molecule has 4 rings (SSSR count). The van der Waals surface area contributed by atoms with E-state index in [4.69, 9.17) is 0 Å². The van der Waals surface area contributed by atoms with Crippen LogP contribution in [0.3, 0.4) is 0 Å². The van der Waals surface area contributed by atoms with Crippen LogP contribution in [0.25, 0.3) is 5.13 Å². The zero-order valence-electron chi connectivity index (χ0n) is 15.4. The van der Waals surface area contributed by atoms with Gasteiger partial charge < -0.3 is 5.11 Å². The summed E-state index contributed by atoms with van der Waals surface area (Å²) in [5.41, 5.74) is 2.61. The molecule has 1 aromatic carbocycles. The number of aliphatic hydroxyl groups excluding tert-OH is 1. The molecular formula is C21H26N4OS. The second-order valence-corrected chi connectivity index (χ2v) is 7.91. The van der Waals surface area contributed by atoms with Gasteiger partial charge in [-0.1, -0.05) is 30.3 Å². The van der Waals surface area contributed by atoms with E-state index in [0.29, 0.717) is 6.04 Å². The van der Waals surface area contributed by atoms with Crippen molar-refractivity contribution in [2.45, 2.75) is 25.6 Å². The molecule has 0 amide bonds. The Labute approximate surface area is 164 Å². The van der Waals surface area contributed by atoms with E-state index in [0.717, 1.165) is 44.3 Å². The lowest BCUT2D eigenvalue weighted by atomic mass is 10.1. The van der Waals surface area contributed by atoms with Crippen LogP contribution in [0.2, 0.25) is 0 Å². The molecule has 1 aliphatic rings. The second-order valence-electron chi connectivity index (χ2n) is 7.04. The Hall–Kier alpha value is -1.99. The number of rotatable bonds is 7. The van der Waals surface area contributed by atoms with Crippen molar-refractivity contribution in [3.05, 3.63) is 71.5 Å². The van der Waals surface area contributed by atoms with Gasteiger partial charge in [0.2, 0.25) is 0 Å². The molecule has 1 aliphatic heterocycles. The first kappa shape index (κ1) is 18.4. The molecule has 0 unspecified atom stereocenters. The van der Waals surface area contributed by atoms with Crippen molar-refractivity contribution in [1.82, 2.24) is 19.4 Å². The van der Waals surface area contributed by atoms with Gasteiger partial charge in [0.05, 0.1) is 0 Å². The summed E-state index contributed by atoms with van der Waals surface area (Å²) in [6.45, 7) is 5.15. The van der Waals surface area contributed by atoms with Gasteiger partial charge in [-0.3, -0.25) is 14.4 Å². The van der Waals surface area contributed by atoms with Gasteiger partial charge in [-0.05, 0) is 24.1 Å². The maximum atomic E-state index is 9.56. The molecule has 1 atom stereocenters. The molecule has 3 heterocycles. The standard InChI is InChI=1S/C21H26N4OS/c26-13-8-19-16-23(11-12-24(19)15-18-5-2-1-3-6-18)17-20-7-4-10-25(20)21-22-9-14-27-21/h1-7,9-10,14,19,26H,8,11-13,15-17H2/t19-/m0/s1. The lowest BCUT2D eigenvalue weighted by molar-refractivity contribution is 0.0492. The van der Waals surface area contributed by atoms with E-state index in [-0.39, 0.29) is 6.61 Å². The molecule has 6 heteroatoms. The number of thiazole rings is 1. The molecule has 0 bridgehead atoms. The third kappa shape index (κ3) is 4.47. The fourth-order valence-electron chi connectivity index (χ4n) is 3.85. The normalized spacial score (nSPS) is 18.8. The van der Waals surface area contributed by atoms with Gasteiger partial charge in [-0.15, -0.1) is 11.3 Å². The minimum absolute atomic E-state index is 0.235. The topological polar surface area (TPSA) is 44.5 Å². The van der Waals surface area contributed by atoms with Crippen molar-refractivity contribution in [3.63, 3.8) is 0 Å². The Morgan fingerprint density at radius 1 is 1.07 bits per heavy atom. The quantitative estimate of drug-likeness (QED) is 0.682. The highest BCUT2D eigenvalue weighted by molar-refractivity contribution is 7.12. The first-order valence-electron chi connectivity index (χ1n) is 9.51. The lowest BCUT2D eigenvalue weighted by Crippen LogP contribution is -2.52. The fourth-order valence-corrected chi connectivity index (χ4v) is 4.50. The molecule has 27 heavy (non-hydrogen) atoms. The average molecular weight is 383 g/mol. The van der Waals surface area contributed by atoms with Crippen molar-refractivity contribution in [3.8, 4) is 5.13 Å². The Balaban J connectivity index is 1.42. The number of hydrogen-bond acceptors (Lipinski definition) is 5. The molecule has 0 spiro atoms. The summed E-state index contributed by atoms with van der Waals surface area (Å²) < 4.78 is 2.18. The minimum Gasteiger partial charge on any atom is -0.396 e. The zero-order chi connectivity index (χ0) is 18.5. The van der Waals surface area contributed by atoms with Crippen molar-refractivity contribution >= 4 is 11.3 Å². The summed E-state index contributed by atoms with van der Waals surface area (Å²) >= 11 is 1.66. The van der Waals surface area contributed by atoms with Crippen LogP contribution in [-0.2, 0) is 13.1 Å². The molecule has 3 aromatic rings. The molecule has 5 nitrogen and oxygen atoms in total. The summed E-state index contributed by atoms with van der Waals surface area (Å²) in [5, 5.41) is 12.6. The highest BCUT2D eigenvalue weighted by atomic mass is 32.1. The van der Waals surface area contributed by atoms with Crippen molar-refractivity contribution in [1.29, 1.82) is 0 Å². The van der Waals surface area contributed by atoms with Crippen LogP contribution in [-0.4, -0.2) is 56.7 Å². The Morgan fingerprint density at radius 3 is 2.74 bits per heavy atom. The molecule has 142 valence electrons. The zero-order valence-corrected chi connectivity index (χ0v) is 16.3. The fraction of sp³-hybridized carbons (Fsp3) is 0.381. The Bertz CT molecular complexity index is 818. The van der Waals surface area contributed by atoms with Gasteiger partial charge in [0.1, 0.15) is 0 Å². The molecule has 0 aliphatic carbocycles. The predicted molar refractivity (Wildman–Crippen MR) is 109 cm³/mol. The molecule has 1 saturated heterocycles. The number of piperazine rings is 1. The van der Waals surface area contributed by atoms with Crippen LogP contribution in [0.1, 0.15) is 17.7 Å². The monoisotopic (exact) mass is 382 g/mol. The summed E-state index contributed by atoms with van der Waals surface area (Å²) in [6.07, 6.45) is 4.76. The van der Waals surface area contributed by atoms with E-state index in [1.165, 1.54) is 11.3 Å². The minimum atomic E-state index is 0.235. The van der Waals surface area contributed by atoms with Crippen LogP contribution in [0, 0.1) is 0 Å². The van der Waals surface area contributed by atoms with Crippen LogP contribution in [0.5, 0.6) is 0 Å². The van der Waals surface area contributed by atoms with E-state index in [1.54, 1.807) is 11.3 Å². The van der Waals surface area contributed by atoms with Crippen LogP contribution in [0.4, 0.5) is 0 Å². The molecule has 0 saturated carbocycles. The molecular weight excluding hydrogens is 356 g/mol. The van der Waals surface area contributed by atoms with Gasteiger partial charge in [0, 0.05) is 68.8 Å². The maximum absolute atomic E-state index is 9.56. The first-order valence-corrected chi connectivity index (χ1v) is 10.4. The van der Waals surface area contributed by atoms with Gasteiger partial charge >= 0.3 is 0 Å². The SMILES string of the molecule is OCC[C@H]1CN(Cc2cccn2-c2nccs2)CCN1Cc1ccccc1. The average Bonchev–Trinajstić information content (AvgIpc) is 3.36. The number of nitrogens with zero attached hydrogens (tertiary/aromatic N) is 4. The van der Waals surface area contributed by atoms with E-state index in [2.05, 4.69) is 68.0 Å². The van der Waals surface area contributed by atoms with Gasteiger partial charge in [0.15, 0.2) is 5.13 Å². The highest BCUT2D eigenvalue weighted by Crippen LogP contribution is 2.21. The van der Waals surface area contributed by atoms with Gasteiger partial charge in [-0.2, -0.15) is 0 Å². The number of aromatic nitrogens is 2. The maximum Gasteiger partial charge on any atom is 0.193 e. The highest BCUT2D eigenvalue weighted by Gasteiger charge is 2.27. The van der Waals surface area contributed by atoms with Crippen molar-refractivity contribution < 1.29 is 5.11 Å². The van der Waals surface area contributed by atoms with Gasteiger partial charge in [0.25, 0.3) is 0 Å². The van der Waals surface area contributed by atoms with E-state index in [1.807, 2.05) is 11.6 Å². The molecule has 1 N–H and O–H groups in total. The summed E-state index contributed by atoms with van der Waals surface area (Å²) in [7, 11) is 0. The second kappa shape index (κ2) is 8.80. The van der Waals surface area contributed by atoms with Crippen LogP contribution < -0.4 is 0 Å².